The molecule has 96 valence electrons. The standard InChI is InChI=1S/C15H16N4/c16-14-7-6-11-8-13(18-10-19-14)15(17-9-11)12-4-2-1-3-5-12/h1-5,9-11H,6-8H2,(H2,16,18,19). The second-order valence-corrected chi connectivity index (χ2v) is 4.81. The van der Waals surface area contributed by atoms with E-state index in [0.29, 0.717) is 11.8 Å². The molecule has 2 aliphatic rings. The lowest BCUT2D eigenvalue weighted by Gasteiger charge is -2.18. The Morgan fingerprint density at radius 3 is 2.79 bits per heavy atom. The molecule has 19 heavy (non-hydrogen) atoms. The van der Waals surface area contributed by atoms with E-state index in [4.69, 9.17) is 5.73 Å². The molecule has 2 bridgehead atoms. The van der Waals surface area contributed by atoms with Crippen LogP contribution >= 0.6 is 0 Å². The zero-order valence-electron chi connectivity index (χ0n) is 10.7. The van der Waals surface area contributed by atoms with Gasteiger partial charge >= 0.3 is 0 Å². The highest BCUT2D eigenvalue weighted by atomic mass is 14.9. The van der Waals surface area contributed by atoms with Crippen molar-refractivity contribution in [3.05, 3.63) is 41.6 Å². The highest BCUT2D eigenvalue weighted by molar-refractivity contribution is 5.89. The van der Waals surface area contributed by atoms with Gasteiger partial charge in [0, 0.05) is 24.1 Å². The van der Waals surface area contributed by atoms with Crippen molar-refractivity contribution < 1.29 is 0 Å². The molecule has 4 nitrogen and oxygen atoms in total. The molecule has 2 N–H and O–H groups in total. The molecule has 3 rings (SSSR count). The maximum atomic E-state index is 5.80. The molecule has 0 saturated carbocycles. The highest BCUT2D eigenvalue weighted by Crippen LogP contribution is 2.31. The van der Waals surface area contributed by atoms with Crippen molar-refractivity contribution in [2.45, 2.75) is 19.3 Å². The minimum atomic E-state index is 0.409. The SMILES string of the molecule is NC1=NC=NC2=C(c3ccccc3)N=CC(CC1)C2. The number of allylic oxidation sites excluding steroid dienone is 1. The molecular formula is C15H16N4. The molecule has 0 aromatic heterocycles. The van der Waals surface area contributed by atoms with E-state index < -0.39 is 0 Å². The van der Waals surface area contributed by atoms with E-state index in [2.05, 4.69) is 27.1 Å². The number of aliphatic imine (C=N–C) groups is 3. The van der Waals surface area contributed by atoms with Gasteiger partial charge in [0.1, 0.15) is 12.2 Å². The van der Waals surface area contributed by atoms with Crippen LogP contribution in [-0.4, -0.2) is 18.4 Å². The van der Waals surface area contributed by atoms with E-state index in [1.54, 1.807) is 6.34 Å². The first-order valence-corrected chi connectivity index (χ1v) is 6.50. The fourth-order valence-electron chi connectivity index (χ4n) is 2.35. The van der Waals surface area contributed by atoms with Gasteiger partial charge in [0.15, 0.2) is 0 Å². The van der Waals surface area contributed by atoms with Crippen LogP contribution in [0.15, 0.2) is 51.0 Å². The molecule has 0 spiro atoms. The smallest absolute Gasteiger partial charge is 0.117 e. The number of rotatable bonds is 1. The summed E-state index contributed by atoms with van der Waals surface area (Å²) in [6.45, 7) is 0. The number of benzene rings is 1. The Morgan fingerprint density at radius 1 is 1.11 bits per heavy atom. The van der Waals surface area contributed by atoms with Crippen molar-refractivity contribution in [2.24, 2.45) is 26.6 Å². The summed E-state index contributed by atoms with van der Waals surface area (Å²) in [4.78, 5) is 13.2. The first-order chi connectivity index (χ1) is 9.33. The van der Waals surface area contributed by atoms with Crippen LogP contribution in [0.1, 0.15) is 24.8 Å². The van der Waals surface area contributed by atoms with E-state index in [9.17, 15) is 0 Å². The number of amidine groups is 1. The Bertz CT molecular complexity index is 581. The van der Waals surface area contributed by atoms with Gasteiger partial charge in [-0.2, -0.15) is 0 Å². The normalized spacial score (nSPS) is 22.5. The lowest BCUT2D eigenvalue weighted by molar-refractivity contribution is 0.638. The average Bonchev–Trinajstić information content (AvgIpc) is 2.52. The minimum absolute atomic E-state index is 0.409. The summed E-state index contributed by atoms with van der Waals surface area (Å²) < 4.78 is 0. The van der Waals surface area contributed by atoms with Gasteiger partial charge in [0.2, 0.25) is 0 Å². The Kier molecular flexibility index (Phi) is 3.23. The van der Waals surface area contributed by atoms with Crippen molar-refractivity contribution in [1.82, 2.24) is 0 Å². The summed E-state index contributed by atoms with van der Waals surface area (Å²) in [5, 5.41) is 0. The van der Waals surface area contributed by atoms with Gasteiger partial charge in [-0.3, -0.25) is 4.99 Å². The number of fused-ring (bicyclic) bond motifs is 2. The number of hydrogen-bond acceptors (Lipinski definition) is 4. The van der Waals surface area contributed by atoms with Crippen LogP contribution in [0.2, 0.25) is 0 Å². The molecule has 2 heterocycles. The Morgan fingerprint density at radius 2 is 1.95 bits per heavy atom. The maximum absolute atomic E-state index is 5.80. The van der Waals surface area contributed by atoms with Gasteiger partial charge in [-0.1, -0.05) is 30.3 Å². The third-order valence-corrected chi connectivity index (χ3v) is 3.40. The van der Waals surface area contributed by atoms with Gasteiger partial charge in [0.25, 0.3) is 0 Å². The molecule has 0 amide bonds. The second kappa shape index (κ2) is 5.18. The molecule has 1 aromatic carbocycles. The van der Waals surface area contributed by atoms with Crippen molar-refractivity contribution in [3.63, 3.8) is 0 Å². The van der Waals surface area contributed by atoms with Gasteiger partial charge < -0.3 is 5.73 Å². The summed E-state index contributed by atoms with van der Waals surface area (Å²) in [6.07, 6.45) is 6.27. The van der Waals surface area contributed by atoms with Gasteiger partial charge in [-0.05, 0) is 12.8 Å². The van der Waals surface area contributed by atoms with E-state index in [0.717, 1.165) is 36.2 Å². The third kappa shape index (κ3) is 2.62. The molecule has 1 unspecified atom stereocenters. The lowest BCUT2D eigenvalue weighted by atomic mass is 9.94. The second-order valence-electron chi connectivity index (χ2n) is 4.81. The molecule has 1 aromatic rings. The fourth-order valence-corrected chi connectivity index (χ4v) is 2.35. The monoisotopic (exact) mass is 252 g/mol. The van der Waals surface area contributed by atoms with Gasteiger partial charge in [-0.25, -0.2) is 9.98 Å². The molecule has 4 heteroatoms. The van der Waals surface area contributed by atoms with E-state index in [1.165, 1.54) is 0 Å². The predicted octanol–water partition coefficient (Wildman–Crippen LogP) is 2.63. The topological polar surface area (TPSA) is 63.1 Å². The maximum Gasteiger partial charge on any atom is 0.117 e. The van der Waals surface area contributed by atoms with Crippen molar-refractivity contribution in [3.8, 4) is 0 Å². The van der Waals surface area contributed by atoms with E-state index >= 15 is 0 Å². The predicted molar refractivity (Wildman–Crippen MR) is 79.3 cm³/mol. The van der Waals surface area contributed by atoms with E-state index in [-0.39, 0.29) is 0 Å². The quantitative estimate of drug-likeness (QED) is 0.820. The Balaban J connectivity index is 2.02. The van der Waals surface area contributed by atoms with Crippen molar-refractivity contribution in [1.29, 1.82) is 0 Å². The summed E-state index contributed by atoms with van der Waals surface area (Å²) >= 11 is 0. The van der Waals surface area contributed by atoms with E-state index in [1.807, 2.05) is 24.4 Å². The Labute approximate surface area is 112 Å². The molecular weight excluding hydrogens is 236 g/mol. The summed E-state index contributed by atoms with van der Waals surface area (Å²) in [5.74, 6) is 1.05. The first-order valence-electron chi connectivity index (χ1n) is 6.50. The number of hydrogen-bond donors (Lipinski definition) is 1. The van der Waals surface area contributed by atoms with Crippen LogP contribution in [-0.2, 0) is 0 Å². The zero-order chi connectivity index (χ0) is 13.1. The molecule has 0 aliphatic carbocycles. The molecule has 0 saturated heterocycles. The van der Waals surface area contributed by atoms with Crippen LogP contribution in [0.25, 0.3) is 5.70 Å². The fraction of sp³-hybridized carbons (Fsp3) is 0.267. The molecule has 2 aliphatic heterocycles. The summed E-state index contributed by atoms with van der Waals surface area (Å²) in [5.41, 5.74) is 8.84. The molecule has 0 fully saturated rings. The van der Waals surface area contributed by atoms with Crippen molar-refractivity contribution >= 4 is 24.1 Å². The minimum Gasteiger partial charge on any atom is -0.387 e. The van der Waals surface area contributed by atoms with Gasteiger partial charge in [-0.15, -0.1) is 0 Å². The van der Waals surface area contributed by atoms with Crippen LogP contribution in [0.4, 0.5) is 0 Å². The Hall–Kier alpha value is -2.23. The average molecular weight is 252 g/mol. The zero-order valence-corrected chi connectivity index (χ0v) is 10.7. The number of nitrogens with two attached hydrogens (primary N) is 1. The van der Waals surface area contributed by atoms with Crippen LogP contribution < -0.4 is 5.73 Å². The lowest BCUT2D eigenvalue weighted by Crippen LogP contribution is -2.15. The van der Waals surface area contributed by atoms with Gasteiger partial charge in [0.05, 0.1) is 11.4 Å². The largest absolute Gasteiger partial charge is 0.387 e. The van der Waals surface area contributed by atoms with Crippen LogP contribution in [0.5, 0.6) is 0 Å². The third-order valence-electron chi connectivity index (χ3n) is 3.40. The molecule has 0 radical (unpaired) electrons. The summed E-state index contributed by atoms with van der Waals surface area (Å²) in [7, 11) is 0. The summed E-state index contributed by atoms with van der Waals surface area (Å²) in [6, 6.07) is 10.1. The van der Waals surface area contributed by atoms with Crippen molar-refractivity contribution in [2.75, 3.05) is 0 Å². The van der Waals surface area contributed by atoms with Crippen LogP contribution in [0.3, 0.4) is 0 Å². The highest BCUT2D eigenvalue weighted by Gasteiger charge is 2.19. The number of nitrogens with zero attached hydrogens (tertiary/aromatic N) is 3. The van der Waals surface area contributed by atoms with Crippen LogP contribution in [0, 0.1) is 5.92 Å². The first kappa shape index (κ1) is 11.8. The molecule has 1 atom stereocenters.